The van der Waals surface area contributed by atoms with E-state index in [1.165, 1.54) is 0 Å². The molecule has 48 heavy (non-hydrogen) atoms. The van der Waals surface area contributed by atoms with Crippen molar-refractivity contribution >= 4 is 21.5 Å². The first-order valence-electron chi connectivity index (χ1n) is 15.7. The molecule has 0 aliphatic rings. The molecule has 0 N–H and O–H groups in total. The first-order chi connectivity index (χ1) is 23.7. The summed E-state index contributed by atoms with van der Waals surface area (Å²) >= 11 is 0. The van der Waals surface area contributed by atoms with Gasteiger partial charge in [0.2, 0.25) is 0 Å². The Labute approximate surface area is 278 Å². The Morgan fingerprint density at radius 3 is 1.35 bits per heavy atom. The molecule has 2 heterocycles. The van der Waals surface area contributed by atoms with Crippen LogP contribution in [0.15, 0.2) is 158 Å². The third-order valence-corrected chi connectivity index (χ3v) is 8.81. The predicted octanol–water partition coefficient (Wildman–Crippen LogP) is 10.9. The maximum Gasteiger partial charge on any atom is 0.101 e. The summed E-state index contributed by atoms with van der Waals surface area (Å²) in [5.74, 6) is 0. The summed E-state index contributed by atoms with van der Waals surface area (Å²) in [5.41, 5.74) is 11.5. The topological polar surface area (TPSA) is 73.4 Å². The number of aromatic nitrogens is 2. The summed E-state index contributed by atoms with van der Waals surface area (Å²) in [4.78, 5) is 9.16. The van der Waals surface area contributed by atoms with Gasteiger partial charge in [-0.25, -0.2) is 0 Å². The summed E-state index contributed by atoms with van der Waals surface area (Å²) in [7, 11) is 0. The zero-order valence-electron chi connectivity index (χ0n) is 25.8. The van der Waals surface area contributed by atoms with E-state index in [1.54, 1.807) is 18.5 Å². The van der Waals surface area contributed by atoms with Crippen LogP contribution in [0.4, 0.5) is 0 Å². The van der Waals surface area contributed by atoms with Gasteiger partial charge >= 0.3 is 0 Å². The molecule has 8 aromatic rings. The van der Waals surface area contributed by atoms with Gasteiger partial charge < -0.3 is 0 Å². The number of hydrogen-bond acceptors (Lipinski definition) is 4. The molecule has 0 atom stereocenters. The lowest BCUT2D eigenvalue weighted by molar-refractivity contribution is 1.30. The van der Waals surface area contributed by atoms with Gasteiger partial charge in [0.15, 0.2) is 0 Å². The van der Waals surface area contributed by atoms with Crippen LogP contribution < -0.4 is 0 Å². The minimum atomic E-state index is 0.537. The van der Waals surface area contributed by atoms with Crippen molar-refractivity contribution < 1.29 is 0 Å². The van der Waals surface area contributed by atoms with E-state index in [2.05, 4.69) is 137 Å². The lowest BCUT2D eigenvalue weighted by atomic mass is 9.84. The Hall–Kier alpha value is -6.88. The molecule has 0 radical (unpaired) electrons. The monoisotopic (exact) mass is 610 g/mol. The van der Waals surface area contributed by atoms with Gasteiger partial charge in [-0.1, -0.05) is 103 Å². The van der Waals surface area contributed by atoms with Gasteiger partial charge in [-0.2, -0.15) is 10.5 Å². The molecule has 4 heteroatoms. The molecule has 0 saturated carbocycles. The Kier molecular flexibility index (Phi) is 7.23. The molecule has 0 aliphatic carbocycles. The molecule has 8 rings (SSSR count). The second-order valence-corrected chi connectivity index (χ2v) is 11.7. The van der Waals surface area contributed by atoms with Crippen molar-refractivity contribution in [3.63, 3.8) is 0 Å². The summed E-state index contributed by atoms with van der Waals surface area (Å²) in [6.07, 6.45) is 3.24. The van der Waals surface area contributed by atoms with Gasteiger partial charge in [-0.3, -0.25) is 9.97 Å². The highest BCUT2D eigenvalue weighted by molar-refractivity contribution is 6.22. The number of nitriles is 2. The van der Waals surface area contributed by atoms with Crippen LogP contribution in [-0.2, 0) is 0 Å². The summed E-state index contributed by atoms with van der Waals surface area (Å²) < 4.78 is 0. The zero-order chi connectivity index (χ0) is 32.5. The van der Waals surface area contributed by atoms with Crippen LogP contribution in [0.1, 0.15) is 11.1 Å². The van der Waals surface area contributed by atoms with E-state index in [-0.39, 0.29) is 0 Å². The van der Waals surface area contributed by atoms with Gasteiger partial charge in [-0.15, -0.1) is 0 Å². The quantitative estimate of drug-likeness (QED) is 0.182. The summed E-state index contributed by atoms with van der Waals surface area (Å²) in [6, 6.07) is 54.6. The number of pyridine rings is 2. The molecule has 6 aromatic carbocycles. The molecule has 2 aromatic heterocycles. The number of rotatable bonds is 5. The van der Waals surface area contributed by atoms with E-state index in [0.717, 1.165) is 77.4 Å². The van der Waals surface area contributed by atoms with Crippen molar-refractivity contribution in [2.75, 3.05) is 0 Å². The smallest absolute Gasteiger partial charge is 0.101 e. The standard InChI is InChI=1S/C44H26N4/c45-25-29-16-20-41(47-27-29)33-10-6-12-35(22-33)43-37-14-4-5-15-38(37)44(40-24-32(18-19-39(40)43)31-8-2-1-3-9-31)36-13-7-11-34(23-36)42-21-17-30(26-46)28-48-42/h1-24,27-28H. The van der Waals surface area contributed by atoms with E-state index >= 15 is 0 Å². The largest absolute Gasteiger partial charge is 0.255 e. The van der Waals surface area contributed by atoms with Crippen molar-refractivity contribution in [2.24, 2.45) is 0 Å². The van der Waals surface area contributed by atoms with Gasteiger partial charge in [-0.05, 0) is 97.4 Å². The maximum atomic E-state index is 9.29. The van der Waals surface area contributed by atoms with E-state index in [1.807, 2.05) is 24.3 Å². The van der Waals surface area contributed by atoms with E-state index in [0.29, 0.717) is 11.1 Å². The summed E-state index contributed by atoms with van der Waals surface area (Å²) in [6.45, 7) is 0. The minimum absolute atomic E-state index is 0.537. The van der Waals surface area contributed by atoms with E-state index in [4.69, 9.17) is 0 Å². The fraction of sp³-hybridized carbons (Fsp3) is 0. The van der Waals surface area contributed by atoms with Gasteiger partial charge in [0.05, 0.1) is 22.5 Å². The average molecular weight is 611 g/mol. The zero-order valence-corrected chi connectivity index (χ0v) is 25.8. The van der Waals surface area contributed by atoms with Crippen LogP contribution in [0.2, 0.25) is 0 Å². The van der Waals surface area contributed by atoms with Crippen LogP contribution >= 0.6 is 0 Å². The van der Waals surface area contributed by atoms with Crippen molar-refractivity contribution in [3.8, 4) is 68.0 Å². The van der Waals surface area contributed by atoms with Gasteiger partial charge in [0, 0.05) is 23.5 Å². The fourth-order valence-electron chi connectivity index (χ4n) is 6.54. The number of nitrogens with zero attached hydrogens (tertiary/aromatic N) is 4. The molecular formula is C44H26N4. The molecule has 0 saturated heterocycles. The highest BCUT2D eigenvalue weighted by Crippen LogP contribution is 2.45. The van der Waals surface area contributed by atoms with E-state index in [9.17, 15) is 10.5 Å². The number of benzene rings is 6. The predicted molar refractivity (Wildman–Crippen MR) is 194 cm³/mol. The first-order valence-corrected chi connectivity index (χ1v) is 15.7. The van der Waals surface area contributed by atoms with Crippen LogP contribution in [0, 0.1) is 22.7 Å². The van der Waals surface area contributed by atoms with Crippen LogP contribution in [-0.4, -0.2) is 9.97 Å². The third-order valence-electron chi connectivity index (χ3n) is 8.81. The second-order valence-electron chi connectivity index (χ2n) is 11.7. The Bertz CT molecular complexity index is 2560. The average Bonchev–Trinajstić information content (AvgIpc) is 3.17. The lowest BCUT2D eigenvalue weighted by Crippen LogP contribution is -1.93. The number of hydrogen-bond donors (Lipinski definition) is 0. The van der Waals surface area contributed by atoms with Crippen molar-refractivity contribution in [1.82, 2.24) is 9.97 Å². The van der Waals surface area contributed by atoms with Crippen LogP contribution in [0.3, 0.4) is 0 Å². The highest BCUT2D eigenvalue weighted by atomic mass is 14.7. The Balaban J connectivity index is 1.40. The third kappa shape index (κ3) is 5.14. The highest BCUT2D eigenvalue weighted by Gasteiger charge is 2.18. The minimum Gasteiger partial charge on any atom is -0.255 e. The van der Waals surface area contributed by atoms with Gasteiger partial charge in [0.25, 0.3) is 0 Å². The molecule has 0 spiro atoms. The van der Waals surface area contributed by atoms with Crippen molar-refractivity contribution in [2.45, 2.75) is 0 Å². The molecule has 0 fully saturated rings. The first kappa shape index (κ1) is 28.6. The SMILES string of the molecule is N#Cc1ccc(-c2cccc(-c3c4ccccc4c(-c4cccc(-c5ccc(C#N)cn5)c4)c4cc(-c5ccccc5)ccc34)c2)nc1. The molecule has 0 unspecified atom stereocenters. The lowest BCUT2D eigenvalue weighted by Gasteiger charge is -2.19. The van der Waals surface area contributed by atoms with Gasteiger partial charge in [0.1, 0.15) is 12.1 Å². The Morgan fingerprint density at radius 2 is 0.833 bits per heavy atom. The molecular weight excluding hydrogens is 585 g/mol. The summed E-state index contributed by atoms with van der Waals surface area (Å²) in [5, 5.41) is 23.2. The molecule has 0 aliphatic heterocycles. The number of fused-ring (bicyclic) bond motifs is 2. The van der Waals surface area contributed by atoms with E-state index < -0.39 is 0 Å². The second kappa shape index (κ2) is 12.1. The van der Waals surface area contributed by atoms with Crippen LogP contribution in [0.25, 0.3) is 77.4 Å². The molecule has 222 valence electrons. The fourth-order valence-corrected chi connectivity index (χ4v) is 6.54. The van der Waals surface area contributed by atoms with Crippen molar-refractivity contribution in [1.29, 1.82) is 10.5 Å². The molecule has 0 amide bonds. The van der Waals surface area contributed by atoms with Crippen LogP contribution in [0.5, 0.6) is 0 Å². The Morgan fingerprint density at radius 1 is 0.354 bits per heavy atom. The van der Waals surface area contributed by atoms with Crippen molar-refractivity contribution in [3.05, 3.63) is 169 Å². The maximum absolute atomic E-state index is 9.29. The normalized spacial score (nSPS) is 10.9. The molecule has 0 bridgehead atoms. The molecule has 4 nitrogen and oxygen atoms in total.